The number of carboxylic acid groups (broad SMARTS) is 1. The highest BCUT2D eigenvalue weighted by molar-refractivity contribution is 6.31. The van der Waals surface area contributed by atoms with Crippen molar-refractivity contribution in [2.75, 3.05) is 5.32 Å². The number of anilines is 1. The first-order valence-corrected chi connectivity index (χ1v) is 11.5. The van der Waals surface area contributed by atoms with E-state index in [9.17, 15) is 9.90 Å². The van der Waals surface area contributed by atoms with Crippen LogP contribution in [0.4, 0.5) is 5.69 Å². The first-order valence-electron chi connectivity index (χ1n) is 10.8. The molecule has 0 saturated heterocycles. The number of benzene rings is 3. The van der Waals surface area contributed by atoms with E-state index in [2.05, 4.69) is 41.7 Å². The molecule has 0 radical (unpaired) electrons. The molecular formula is C27H23Cl2NO2. The van der Waals surface area contributed by atoms with E-state index >= 15 is 0 Å². The number of hydrogen-bond donors (Lipinski definition) is 2. The number of halogens is 2. The molecule has 5 rings (SSSR count). The average Bonchev–Trinajstić information content (AvgIpc) is 3.10. The molecule has 2 aliphatic carbocycles. The van der Waals surface area contributed by atoms with Gasteiger partial charge in [0.25, 0.3) is 0 Å². The van der Waals surface area contributed by atoms with Crippen molar-refractivity contribution in [2.24, 2.45) is 0 Å². The van der Waals surface area contributed by atoms with E-state index in [4.69, 9.17) is 23.2 Å². The molecule has 5 heteroatoms. The van der Waals surface area contributed by atoms with E-state index in [0.29, 0.717) is 22.9 Å². The second kappa shape index (κ2) is 7.99. The number of hydrogen-bond acceptors (Lipinski definition) is 2. The lowest BCUT2D eigenvalue weighted by atomic mass is 9.61. The van der Waals surface area contributed by atoms with Crippen molar-refractivity contribution in [1.82, 2.24) is 0 Å². The topological polar surface area (TPSA) is 49.3 Å². The standard InChI is InChI=1S/C27H23Cl2NO2/c28-20-7-3-6-18(15-20)24-16-19-5-1-2-10-23(19)26(24)11-13-27(14-12-26,25(31)32)30-22-9-4-8-21(29)17-22/h1-10,15-17,30H,11-14H2,(H,31,32). The van der Waals surface area contributed by atoms with Crippen LogP contribution in [0.5, 0.6) is 0 Å². The predicted octanol–water partition coefficient (Wildman–Crippen LogP) is 7.29. The van der Waals surface area contributed by atoms with E-state index < -0.39 is 11.5 Å². The van der Waals surface area contributed by atoms with Gasteiger partial charge in [-0.2, -0.15) is 0 Å². The second-order valence-electron chi connectivity index (χ2n) is 8.76. The maximum atomic E-state index is 12.5. The van der Waals surface area contributed by atoms with Gasteiger partial charge >= 0.3 is 5.97 Å². The van der Waals surface area contributed by atoms with Crippen LogP contribution in [0.2, 0.25) is 10.0 Å². The maximum absolute atomic E-state index is 12.5. The van der Waals surface area contributed by atoms with Crippen LogP contribution < -0.4 is 5.32 Å². The third-order valence-corrected chi connectivity index (χ3v) is 7.47. The van der Waals surface area contributed by atoms with Gasteiger partial charge in [0.1, 0.15) is 5.54 Å². The largest absolute Gasteiger partial charge is 0.480 e. The fourth-order valence-corrected chi connectivity index (χ4v) is 5.77. The molecular weight excluding hydrogens is 441 g/mol. The van der Waals surface area contributed by atoms with Crippen LogP contribution in [-0.4, -0.2) is 16.6 Å². The third kappa shape index (κ3) is 3.50. The first kappa shape index (κ1) is 21.1. The molecule has 0 amide bonds. The molecule has 0 unspecified atom stereocenters. The molecule has 0 heterocycles. The lowest BCUT2D eigenvalue weighted by molar-refractivity contribution is -0.143. The number of rotatable bonds is 4. The molecule has 1 spiro atoms. The van der Waals surface area contributed by atoms with Gasteiger partial charge in [-0.25, -0.2) is 4.79 Å². The molecule has 0 aromatic heterocycles. The van der Waals surface area contributed by atoms with Crippen LogP contribution >= 0.6 is 23.2 Å². The van der Waals surface area contributed by atoms with E-state index in [0.717, 1.165) is 24.1 Å². The molecule has 3 aromatic rings. The van der Waals surface area contributed by atoms with Crippen molar-refractivity contribution in [3.8, 4) is 0 Å². The van der Waals surface area contributed by atoms with E-state index in [1.54, 1.807) is 12.1 Å². The molecule has 1 saturated carbocycles. The zero-order chi connectivity index (χ0) is 22.3. The predicted molar refractivity (Wildman–Crippen MR) is 131 cm³/mol. The summed E-state index contributed by atoms with van der Waals surface area (Å²) in [5.74, 6) is -0.827. The van der Waals surface area contributed by atoms with Gasteiger partial charge in [0.05, 0.1) is 0 Å². The Morgan fingerprint density at radius 3 is 2.22 bits per heavy atom. The van der Waals surface area contributed by atoms with Gasteiger partial charge in [0.15, 0.2) is 0 Å². The summed E-state index contributed by atoms with van der Waals surface area (Å²) < 4.78 is 0. The highest BCUT2D eigenvalue weighted by atomic mass is 35.5. The average molecular weight is 464 g/mol. The zero-order valence-electron chi connectivity index (χ0n) is 17.4. The Labute approximate surface area is 197 Å². The van der Waals surface area contributed by atoms with Crippen molar-refractivity contribution in [3.05, 3.63) is 99.5 Å². The fraction of sp³-hybridized carbons (Fsp3) is 0.222. The summed E-state index contributed by atoms with van der Waals surface area (Å²) in [7, 11) is 0. The van der Waals surface area contributed by atoms with Crippen molar-refractivity contribution in [3.63, 3.8) is 0 Å². The smallest absolute Gasteiger partial charge is 0.329 e. The Bertz CT molecular complexity index is 1230. The molecule has 32 heavy (non-hydrogen) atoms. The Morgan fingerprint density at radius 2 is 1.53 bits per heavy atom. The number of allylic oxidation sites excluding steroid dienone is 1. The van der Waals surface area contributed by atoms with E-state index in [1.165, 1.54) is 16.7 Å². The van der Waals surface area contributed by atoms with Crippen LogP contribution in [0.15, 0.2) is 72.8 Å². The molecule has 1 fully saturated rings. The Hall–Kier alpha value is -2.75. The summed E-state index contributed by atoms with van der Waals surface area (Å²) in [6, 6.07) is 23.6. The minimum absolute atomic E-state index is 0.226. The number of aliphatic carboxylic acids is 1. The van der Waals surface area contributed by atoms with Crippen LogP contribution in [0, 0.1) is 0 Å². The maximum Gasteiger partial charge on any atom is 0.329 e. The number of carbonyl (C=O) groups is 1. The fourth-order valence-electron chi connectivity index (χ4n) is 5.39. The summed E-state index contributed by atoms with van der Waals surface area (Å²) >= 11 is 12.5. The molecule has 2 aliphatic rings. The van der Waals surface area contributed by atoms with Crippen LogP contribution in [0.3, 0.4) is 0 Å². The Morgan fingerprint density at radius 1 is 0.844 bits per heavy atom. The minimum Gasteiger partial charge on any atom is -0.480 e. The molecule has 0 aliphatic heterocycles. The molecule has 3 nitrogen and oxygen atoms in total. The lowest BCUT2D eigenvalue weighted by Crippen LogP contribution is -2.52. The summed E-state index contributed by atoms with van der Waals surface area (Å²) in [5.41, 5.74) is 4.27. The summed E-state index contributed by atoms with van der Waals surface area (Å²) in [6.45, 7) is 0. The number of fused-ring (bicyclic) bond motifs is 2. The Kier molecular flexibility index (Phi) is 5.27. The van der Waals surface area contributed by atoms with Gasteiger partial charge in [0.2, 0.25) is 0 Å². The minimum atomic E-state index is -1.03. The van der Waals surface area contributed by atoms with Crippen LogP contribution in [-0.2, 0) is 10.2 Å². The molecule has 2 N–H and O–H groups in total. The SMILES string of the molecule is O=C(O)C1(Nc2cccc(Cl)c2)CCC2(CC1)C(c1cccc(Cl)c1)=Cc1ccccc12. The zero-order valence-corrected chi connectivity index (χ0v) is 19.0. The van der Waals surface area contributed by atoms with Crippen molar-refractivity contribution in [2.45, 2.75) is 36.6 Å². The van der Waals surface area contributed by atoms with E-state index in [-0.39, 0.29) is 5.41 Å². The van der Waals surface area contributed by atoms with Crippen molar-refractivity contribution < 1.29 is 9.90 Å². The Balaban J connectivity index is 1.52. The highest BCUT2D eigenvalue weighted by Crippen LogP contribution is 2.56. The highest BCUT2D eigenvalue weighted by Gasteiger charge is 2.51. The van der Waals surface area contributed by atoms with Crippen LogP contribution in [0.25, 0.3) is 11.6 Å². The van der Waals surface area contributed by atoms with Crippen LogP contribution in [0.1, 0.15) is 42.4 Å². The third-order valence-electron chi connectivity index (χ3n) is 7.00. The molecule has 0 bridgehead atoms. The first-order chi connectivity index (χ1) is 15.4. The summed E-state index contributed by atoms with van der Waals surface area (Å²) in [5, 5.41) is 14.8. The molecule has 0 atom stereocenters. The quantitative estimate of drug-likeness (QED) is 0.426. The van der Waals surface area contributed by atoms with Gasteiger partial charge in [0, 0.05) is 21.1 Å². The molecule has 3 aromatic carbocycles. The molecule has 162 valence electrons. The van der Waals surface area contributed by atoms with Gasteiger partial charge in [-0.3, -0.25) is 0 Å². The van der Waals surface area contributed by atoms with Gasteiger partial charge < -0.3 is 10.4 Å². The van der Waals surface area contributed by atoms with Gasteiger partial charge in [-0.1, -0.05) is 65.7 Å². The van der Waals surface area contributed by atoms with Gasteiger partial charge in [-0.15, -0.1) is 0 Å². The van der Waals surface area contributed by atoms with Crippen molar-refractivity contribution in [1.29, 1.82) is 0 Å². The van der Waals surface area contributed by atoms with Crippen molar-refractivity contribution >= 4 is 46.5 Å². The monoisotopic (exact) mass is 463 g/mol. The normalized spacial score (nSPS) is 24.1. The number of carboxylic acids is 1. The van der Waals surface area contributed by atoms with E-state index in [1.807, 2.05) is 30.3 Å². The summed E-state index contributed by atoms with van der Waals surface area (Å²) in [4.78, 5) is 12.5. The summed E-state index contributed by atoms with van der Waals surface area (Å²) in [6.07, 6.45) is 4.70. The lowest BCUT2D eigenvalue weighted by Gasteiger charge is -2.45. The number of nitrogens with one attached hydrogen (secondary N) is 1. The second-order valence-corrected chi connectivity index (χ2v) is 9.63. The van der Waals surface area contributed by atoms with Gasteiger partial charge in [-0.05, 0) is 84.4 Å².